The second-order valence-electron chi connectivity index (χ2n) is 7.31. The number of hydrogen-bond acceptors (Lipinski definition) is 7. The van der Waals surface area contributed by atoms with E-state index < -0.39 is 10.2 Å². The van der Waals surface area contributed by atoms with E-state index >= 15 is 0 Å². The minimum absolute atomic E-state index is 0.644. The van der Waals surface area contributed by atoms with E-state index in [1.54, 1.807) is 7.11 Å². The molecule has 0 amide bonds. The van der Waals surface area contributed by atoms with Crippen LogP contribution >= 0.6 is 11.6 Å². The van der Waals surface area contributed by atoms with Crippen molar-refractivity contribution in [2.45, 2.75) is 0 Å². The van der Waals surface area contributed by atoms with Crippen LogP contribution < -0.4 is 38.6 Å². The van der Waals surface area contributed by atoms with E-state index in [4.69, 9.17) is 39.4 Å². The monoisotopic (exact) mass is 504 g/mol. The maximum atomic E-state index is 8.49. The highest BCUT2D eigenvalue weighted by Gasteiger charge is 2.13. The predicted molar refractivity (Wildman–Crippen MR) is 118 cm³/mol. The summed E-state index contributed by atoms with van der Waals surface area (Å²) in [4.78, 5) is 5.59. The molecule has 0 saturated heterocycles. The van der Waals surface area contributed by atoms with Crippen molar-refractivity contribution >= 4 is 33.9 Å². The molecule has 1 N–H and O–H groups in total. The van der Waals surface area contributed by atoms with Crippen molar-refractivity contribution in [2.24, 2.45) is 0 Å². The molecule has 10 heteroatoms. The number of fused-ring (bicyclic) bond motifs is 1. The standard InChI is InChI=1S/C24H21ClN2O2.ClHO4/c1-27(2)17-10-8-16(9-11-17)26-22-15-24(19-6-4-5-7-21(19)25)29-23-13-12-18(28-3)14-20(22)23;2-1(3,4)5/h4-15H,1-3H3;(H,2,3,4,5). The molecule has 34 heavy (non-hydrogen) atoms. The van der Waals surface area contributed by atoms with Crippen LogP contribution in [0.15, 0.2) is 77.2 Å². The van der Waals surface area contributed by atoms with Crippen LogP contribution in [0.2, 0.25) is 5.02 Å². The summed E-state index contributed by atoms with van der Waals surface area (Å²) in [6.45, 7) is 0. The van der Waals surface area contributed by atoms with Gasteiger partial charge in [0.25, 0.3) is 0 Å². The molecule has 0 atom stereocenters. The van der Waals surface area contributed by atoms with Crippen molar-refractivity contribution < 1.29 is 43.0 Å². The summed E-state index contributed by atoms with van der Waals surface area (Å²) in [5.41, 5.74) is 3.71. The lowest BCUT2D eigenvalue weighted by Crippen LogP contribution is -2.70. The Kier molecular flexibility index (Phi) is 8.16. The maximum Gasteiger partial charge on any atom is 0.218 e. The molecule has 0 bridgehead atoms. The summed E-state index contributed by atoms with van der Waals surface area (Å²) < 4.78 is 45.6. The number of benzene rings is 3. The molecule has 0 unspecified atom stereocenters. The van der Waals surface area contributed by atoms with Gasteiger partial charge in [0.05, 0.1) is 23.6 Å². The van der Waals surface area contributed by atoms with Gasteiger partial charge in [-0.25, -0.2) is 23.6 Å². The van der Waals surface area contributed by atoms with E-state index in [2.05, 4.69) is 34.2 Å². The summed E-state index contributed by atoms with van der Waals surface area (Å²) in [6.07, 6.45) is 0. The minimum atomic E-state index is -4.94. The lowest BCUT2D eigenvalue weighted by Gasteiger charge is -2.17. The van der Waals surface area contributed by atoms with E-state index in [1.807, 2.05) is 62.6 Å². The highest BCUT2D eigenvalue weighted by atomic mass is 35.7. The molecule has 1 aromatic heterocycles. The first-order valence-electron chi connectivity index (χ1n) is 9.91. The Hall–Kier alpha value is -3.11. The van der Waals surface area contributed by atoms with Crippen molar-refractivity contribution in [1.82, 2.24) is 0 Å². The highest BCUT2D eigenvalue weighted by Crippen LogP contribution is 2.29. The predicted octanol–water partition coefficient (Wildman–Crippen LogP) is -0.615. The highest BCUT2D eigenvalue weighted by molar-refractivity contribution is 6.33. The number of nitrogens with zero attached hydrogens (tertiary/aromatic N) is 1. The van der Waals surface area contributed by atoms with Crippen LogP contribution in [0.1, 0.15) is 0 Å². The maximum absolute atomic E-state index is 8.49. The van der Waals surface area contributed by atoms with Crippen LogP contribution in [0.5, 0.6) is 5.75 Å². The molecule has 0 aliphatic heterocycles. The zero-order chi connectivity index (χ0) is 24.9. The average Bonchev–Trinajstić information content (AvgIpc) is 2.78. The van der Waals surface area contributed by atoms with Gasteiger partial charge in [-0.3, -0.25) is 0 Å². The molecule has 1 heterocycles. The quantitative estimate of drug-likeness (QED) is 0.391. The lowest BCUT2D eigenvalue weighted by molar-refractivity contribution is -2.00. The lowest BCUT2D eigenvalue weighted by atomic mass is 10.1. The van der Waals surface area contributed by atoms with Crippen LogP contribution in [0, 0.1) is 10.2 Å². The summed E-state index contributed by atoms with van der Waals surface area (Å²) in [5.74, 6) is 1.46. The Morgan fingerprint density at radius 1 is 0.912 bits per heavy atom. The van der Waals surface area contributed by atoms with Crippen LogP contribution in [0.25, 0.3) is 22.3 Å². The van der Waals surface area contributed by atoms with Gasteiger partial charge in [0, 0.05) is 37.5 Å². The third-order valence-electron chi connectivity index (χ3n) is 4.77. The van der Waals surface area contributed by atoms with E-state index in [0.29, 0.717) is 10.8 Å². The molecular weight excluding hydrogens is 483 g/mol. The van der Waals surface area contributed by atoms with Crippen molar-refractivity contribution in [3.8, 4) is 17.1 Å². The first-order chi connectivity index (χ1) is 16.0. The average molecular weight is 505 g/mol. The van der Waals surface area contributed by atoms with Gasteiger partial charge < -0.3 is 14.1 Å². The summed E-state index contributed by atoms with van der Waals surface area (Å²) in [7, 11) is 0.761. The molecule has 0 radical (unpaired) electrons. The third-order valence-corrected chi connectivity index (χ3v) is 5.10. The molecule has 178 valence electrons. The minimum Gasteiger partial charge on any atom is -0.497 e. The number of rotatable bonds is 4. The zero-order valence-corrected chi connectivity index (χ0v) is 20.1. The van der Waals surface area contributed by atoms with Crippen molar-refractivity contribution in [2.75, 3.05) is 26.1 Å². The number of ether oxygens (including phenoxy) is 1. The SMILES string of the molecule is COc1ccc2oc(-c3ccccc3Cl)cc(=[NH+]c3ccc(N(C)C)cc3)c2c1.[O-][Cl+3]([O-])([O-])[O-]. The molecular formula is C24H22Cl2N2O6. The third kappa shape index (κ3) is 6.94. The number of anilines is 1. The number of halogens is 2. The van der Waals surface area contributed by atoms with Crippen LogP contribution in [0.4, 0.5) is 11.4 Å². The molecule has 3 aromatic carbocycles. The van der Waals surface area contributed by atoms with E-state index in [9.17, 15) is 0 Å². The van der Waals surface area contributed by atoms with Crippen LogP contribution in [0.3, 0.4) is 0 Å². The number of methoxy groups -OCH3 is 1. The molecule has 0 saturated carbocycles. The first-order valence-corrected chi connectivity index (χ1v) is 11.5. The smallest absolute Gasteiger partial charge is 0.218 e. The first kappa shape index (κ1) is 25.5. The van der Waals surface area contributed by atoms with Crippen LogP contribution in [-0.4, -0.2) is 21.2 Å². The van der Waals surface area contributed by atoms with Gasteiger partial charge in [0.2, 0.25) is 11.0 Å². The molecule has 4 aromatic rings. The fraction of sp³-hybridized carbons (Fsp3) is 0.125. The van der Waals surface area contributed by atoms with Crippen molar-refractivity contribution in [3.63, 3.8) is 0 Å². The Labute approximate surface area is 203 Å². The summed E-state index contributed by atoms with van der Waals surface area (Å²) in [5, 5.41) is 2.49. The molecule has 0 aliphatic rings. The topological polar surface area (TPSA) is 132 Å². The van der Waals surface area contributed by atoms with Gasteiger partial charge in [-0.05, 0) is 42.5 Å². The Morgan fingerprint density at radius 2 is 1.56 bits per heavy atom. The van der Waals surface area contributed by atoms with E-state index in [1.165, 1.54) is 0 Å². The molecule has 0 aliphatic carbocycles. The van der Waals surface area contributed by atoms with E-state index in [0.717, 1.165) is 39.0 Å². The number of hydrogen-bond donors (Lipinski definition) is 1. The normalized spacial score (nSPS) is 11.7. The summed E-state index contributed by atoms with van der Waals surface area (Å²) >= 11 is 6.41. The zero-order valence-electron chi connectivity index (χ0n) is 18.6. The number of nitrogens with one attached hydrogen (secondary N) is 1. The van der Waals surface area contributed by atoms with Gasteiger partial charge in [-0.2, -0.15) is 0 Å². The fourth-order valence-corrected chi connectivity index (χ4v) is 3.42. The second kappa shape index (κ2) is 10.9. The van der Waals surface area contributed by atoms with E-state index in [-0.39, 0.29) is 0 Å². The fourth-order valence-electron chi connectivity index (χ4n) is 3.19. The van der Waals surface area contributed by atoms with Crippen molar-refractivity contribution in [3.05, 3.63) is 83.2 Å². The van der Waals surface area contributed by atoms with Gasteiger partial charge in [-0.15, -0.1) is 10.2 Å². The second-order valence-corrected chi connectivity index (χ2v) is 8.47. The Balaban J connectivity index is 0.000000588. The van der Waals surface area contributed by atoms with Gasteiger partial charge in [0.1, 0.15) is 17.1 Å². The van der Waals surface area contributed by atoms with Gasteiger partial charge >= 0.3 is 0 Å². The molecule has 0 spiro atoms. The van der Waals surface area contributed by atoms with Gasteiger partial charge in [0.15, 0.2) is 0 Å². The van der Waals surface area contributed by atoms with Crippen LogP contribution in [-0.2, 0) is 0 Å². The van der Waals surface area contributed by atoms with Gasteiger partial charge in [-0.1, -0.05) is 23.7 Å². The largest absolute Gasteiger partial charge is 0.497 e. The molecule has 0 fully saturated rings. The molecule has 4 rings (SSSR count). The Bertz CT molecular complexity index is 1330. The van der Waals surface area contributed by atoms with Crippen molar-refractivity contribution in [1.29, 1.82) is 0 Å². The summed E-state index contributed by atoms with van der Waals surface area (Å²) in [6, 6.07) is 23.7. The Morgan fingerprint density at radius 3 is 2.15 bits per heavy atom. The molecule has 8 nitrogen and oxygen atoms in total.